The minimum Gasteiger partial charge on any atom is -0.494 e. The van der Waals surface area contributed by atoms with E-state index in [0.717, 1.165) is 0 Å². The second kappa shape index (κ2) is 7.06. The Morgan fingerprint density at radius 1 is 1.47 bits per heavy atom. The first-order chi connectivity index (χ1) is 8.99. The van der Waals surface area contributed by atoms with Gasteiger partial charge in [-0.05, 0) is 24.6 Å². The first-order valence-corrected chi connectivity index (χ1v) is 5.88. The van der Waals surface area contributed by atoms with Crippen LogP contribution < -0.4 is 15.8 Å². The molecule has 6 heteroatoms. The molecule has 1 aromatic carbocycles. The van der Waals surface area contributed by atoms with Crippen molar-refractivity contribution < 1.29 is 18.7 Å². The molecule has 106 valence electrons. The average Bonchev–Trinajstić information content (AvgIpc) is 2.38. The van der Waals surface area contributed by atoms with Crippen molar-refractivity contribution in [1.82, 2.24) is 5.32 Å². The lowest BCUT2D eigenvalue weighted by atomic mass is 10.1. The second-order valence-corrected chi connectivity index (χ2v) is 4.19. The molecule has 0 saturated heterocycles. The highest BCUT2D eigenvalue weighted by Crippen LogP contribution is 2.21. The topological polar surface area (TPSA) is 73.6 Å². The summed E-state index contributed by atoms with van der Waals surface area (Å²) in [6.45, 7) is 1.88. The van der Waals surface area contributed by atoms with Crippen LogP contribution >= 0.6 is 0 Å². The largest absolute Gasteiger partial charge is 0.494 e. The van der Waals surface area contributed by atoms with Gasteiger partial charge in [-0.15, -0.1) is 0 Å². The Hall–Kier alpha value is -1.66. The quantitative estimate of drug-likeness (QED) is 0.808. The second-order valence-electron chi connectivity index (χ2n) is 4.19. The van der Waals surface area contributed by atoms with Crippen molar-refractivity contribution in [3.8, 4) is 5.75 Å². The number of ether oxygens (including phenoxy) is 2. The number of benzene rings is 1. The molecule has 0 saturated carbocycles. The number of methoxy groups -OCH3 is 2. The van der Waals surface area contributed by atoms with Gasteiger partial charge >= 0.3 is 0 Å². The summed E-state index contributed by atoms with van der Waals surface area (Å²) in [5.74, 6) is -0.647. The van der Waals surface area contributed by atoms with E-state index in [1.54, 1.807) is 13.0 Å². The minimum absolute atomic E-state index is 0.134. The minimum atomic E-state index is -0.740. The molecule has 0 fully saturated rings. The Morgan fingerprint density at radius 2 is 2.16 bits per heavy atom. The van der Waals surface area contributed by atoms with E-state index in [9.17, 15) is 9.18 Å². The molecule has 19 heavy (non-hydrogen) atoms. The molecule has 2 unspecified atom stereocenters. The van der Waals surface area contributed by atoms with E-state index in [2.05, 4.69) is 5.32 Å². The predicted molar refractivity (Wildman–Crippen MR) is 69.4 cm³/mol. The first-order valence-electron chi connectivity index (χ1n) is 5.88. The fourth-order valence-corrected chi connectivity index (χ4v) is 1.61. The predicted octanol–water partition coefficient (Wildman–Crippen LogP) is 0.985. The van der Waals surface area contributed by atoms with Crippen LogP contribution in [0.2, 0.25) is 0 Å². The van der Waals surface area contributed by atoms with Gasteiger partial charge < -0.3 is 20.5 Å². The molecular formula is C13H19FN2O3. The van der Waals surface area contributed by atoms with Crippen LogP contribution in [-0.4, -0.2) is 32.8 Å². The molecule has 0 aliphatic carbocycles. The molecule has 1 rings (SSSR count). The number of carbonyl (C=O) groups excluding carboxylic acids is 1. The van der Waals surface area contributed by atoms with Crippen LogP contribution in [0, 0.1) is 5.82 Å². The zero-order valence-corrected chi connectivity index (χ0v) is 11.3. The van der Waals surface area contributed by atoms with Gasteiger partial charge in [0.15, 0.2) is 11.6 Å². The fourth-order valence-electron chi connectivity index (χ4n) is 1.61. The summed E-state index contributed by atoms with van der Waals surface area (Å²) in [5.41, 5.74) is 6.23. The summed E-state index contributed by atoms with van der Waals surface area (Å²) in [7, 11) is 2.86. The highest BCUT2D eigenvalue weighted by Gasteiger charge is 2.17. The maximum absolute atomic E-state index is 13.5. The van der Waals surface area contributed by atoms with Crippen LogP contribution in [0.3, 0.4) is 0 Å². The van der Waals surface area contributed by atoms with Gasteiger partial charge in [-0.3, -0.25) is 4.79 Å². The summed E-state index contributed by atoms with van der Waals surface area (Å²) in [6, 6.07) is 3.44. The van der Waals surface area contributed by atoms with Crippen molar-refractivity contribution in [1.29, 1.82) is 0 Å². The van der Waals surface area contributed by atoms with E-state index < -0.39 is 11.9 Å². The van der Waals surface area contributed by atoms with Crippen molar-refractivity contribution in [3.05, 3.63) is 29.6 Å². The van der Waals surface area contributed by atoms with E-state index in [1.165, 1.54) is 26.4 Å². The SMILES string of the molecule is COCC(N)C(=O)NC(C)c1ccc(OC)c(F)c1. The Morgan fingerprint density at radius 3 is 2.68 bits per heavy atom. The molecule has 0 aliphatic heterocycles. The third kappa shape index (κ3) is 4.18. The fraction of sp³-hybridized carbons (Fsp3) is 0.462. The van der Waals surface area contributed by atoms with Crippen LogP contribution in [0.25, 0.3) is 0 Å². The number of rotatable bonds is 6. The highest BCUT2D eigenvalue weighted by molar-refractivity contribution is 5.82. The van der Waals surface area contributed by atoms with Gasteiger partial charge in [0, 0.05) is 7.11 Å². The molecule has 1 amide bonds. The van der Waals surface area contributed by atoms with Crippen molar-refractivity contribution in [3.63, 3.8) is 0 Å². The van der Waals surface area contributed by atoms with Gasteiger partial charge in [-0.2, -0.15) is 0 Å². The molecule has 2 atom stereocenters. The number of amides is 1. The highest BCUT2D eigenvalue weighted by atomic mass is 19.1. The number of carbonyl (C=O) groups is 1. The van der Waals surface area contributed by atoms with Gasteiger partial charge in [0.05, 0.1) is 19.8 Å². The summed E-state index contributed by atoms with van der Waals surface area (Å²) >= 11 is 0. The molecule has 0 bridgehead atoms. The standard InChI is InChI=1S/C13H19FN2O3/c1-8(16-13(17)11(15)7-18-2)9-4-5-12(19-3)10(14)6-9/h4-6,8,11H,7,15H2,1-3H3,(H,16,17). The molecule has 0 spiro atoms. The Kier molecular flexibility index (Phi) is 5.72. The van der Waals surface area contributed by atoms with E-state index >= 15 is 0 Å². The summed E-state index contributed by atoms with van der Waals surface area (Å²) in [4.78, 5) is 11.7. The van der Waals surface area contributed by atoms with E-state index in [0.29, 0.717) is 5.56 Å². The molecular weight excluding hydrogens is 251 g/mol. The van der Waals surface area contributed by atoms with E-state index in [1.807, 2.05) is 0 Å². The van der Waals surface area contributed by atoms with Crippen LogP contribution in [0.4, 0.5) is 4.39 Å². The number of nitrogens with two attached hydrogens (primary N) is 1. The van der Waals surface area contributed by atoms with Crippen molar-refractivity contribution in [2.24, 2.45) is 5.73 Å². The molecule has 5 nitrogen and oxygen atoms in total. The molecule has 3 N–H and O–H groups in total. The Labute approximate surface area is 111 Å². The maximum Gasteiger partial charge on any atom is 0.239 e. The van der Waals surface area contributed by atoms with Crippen LogP contribution in [0.5, 0.6) is 5.75 Å². The van der Waals surface area contributed by atoms with Gasteiger partial charge in [-0.25, -0.2) is 4.39 Å². The molecule has 0 aliphatic rings. The normalized spacial score (nSPS) is 13.7. The molecule has 1 aromatic rings. The molecule has 0 aromatic heterocycles. The molecule has 0 heterocycles. The lowest BCUT2D eigenvalue weighted by molar-refractivity contribution is -0.124. The van der Waals surface area contributed by atoms with E-state index in [-0.39, 0.29) is 24.3 Å². The monoisotopic (exact) mass is 270 g/mol. The smallest absolute Gasteiger partial charge is 0.239 e. The number of hydrogen-bond acceptors (Lipinski definition) is 4. The molecule has 0 radical (unpaired) electrons. The van der Waals surface area contributed by atoms with Crippen LogP contribution in [0.1, 0.15) is 18.5 Å². The van der Waals surface area contributed by atoms with Crippen molar-refractivity contribution in [2.45, 2.75) is 19.0 Å². The summed E-state index contributed by atoms with van der Waals surface area (Å²) < 4.78 is 23.2. The van der Waals surface area contributed by atoms with E-state index in [4.69, 9.17) is 15.2 Å². The number of nitrogens with one attached hydrogen (secondary N) is 1. The maximum atomic E-state index is 13.5. The third-order valence-corrected chi connectivity index (χ3v) is 2.72. The van der Waals surface area contributed by atoms with Crippen LogP contribution in [-0.2, 0) is 9.53 Å². The Balaban J connectivity index is 2.70. The van der Waals surface area contributed by atoms with Gasteiger partial charge in [0.2, 0.25) is 5.91 Å². The van der Waals surface area contributed by atoms with Gasteiger partial charge in [0.1, 0.15) is 6.04 Å². The summed E-state index contributed by atoms with van der Waals surface area (Å²) in [5, 5.41) is 2.69. The lowest BCUT2D eigenvalue weighted by Gasteiger charge is -2.18. The average molecular weight is 270 g/mol. The number of halogens is 1. The zero-order valence-electron chi connectivity index (χ0n) is 11.3. The van der Waals surface area contributed by atoms with Gasteiger partial charge in [-0.1, -0.05) is 6.07 Å². The van der Waals surface area contributed by atoms with Crippen molar-refractivity contribution in [2.75, 3.05) is 20.8 Å². The Bertz CT molecular complexity index is 440. The van der Waals surface area contributed by atoms with Crippen molar-refractivity contribution >= 4 is 5.91 Å². The zero-order chi connectivity index (χ0) is 14.4. The first kappa shape index (κ1) is 15.4. The summed E-state index contributed by atoms with van der Waals surface area (Å²) in [6.07, 6.45) is 0. The lowest BCUT2D eigenvalue weighted by Crippen LogP contribution is -2.44. The van der Waals surface area contributed by atoms with Gasteiger partial charge in [0.25, 0.3) is 0 Å². The number of hydrogen-bond donors (Lipinski definition) is 2. The van der Waals surface area contributed by atoms with Crippen LogP contribution in [0.15, 0.2) is 18.2 Å². The third-order valence-electron chi connectivity index (χ3n) is 2.72.